The van der Waals surface area contributed by atoms with Crippen LogP contribution in [0.3, 0.4) is 0 Å². The van der Waals surface area contributed by atoms with Gasteiger partial charge in [-0.15, -0.1) is 0 Å². The maximum absolute atomic E-state index is 12.6. The molecule has 1 aliphatic heterocycles. The van der Waals surface area contributed by atoms with Gasteiger partial charge in [-0.05, 0) is 17.7 Å². The highest BCUT2D eigenvalue weighted by Crippen LogP contribution is 2.43. The normalized spacial score (nSPS) is 16.6. The van der Waals surface area contributed by atoms with Gasteiger partial charge in [0, 0.05) is 0 Å². The van der Waals surface area contributed by atoms with E-state index in [2.05, 4.69) is 47.8 Å². The number of imide groups is 1. The lowest BCUT2D eigenvalue weighted by Gasteiger charge is -2.33. The van der Waals surface area contributed by atoms with Crippen LogP contribution < -0.4 is 0 Å². The van der Waals surface area contributed by atoms with E-state index in [-0.39, 0.29) is 22.1 Å². The molecule has 0 aromatic heterocycles. The topological polar surface area (TPSA) is 37.4 Å². The molecular weight excluding hydrogens is 490 g/mol. The largest absolute Gasteiger partial charge is 0.272 e. The summed E-state index contributed by atoms with van der Waals surface area (Å²) in [5, 5.41) is 0. The smallest absolute Gasteiger partial charge is 0.261 e. The molecular formula is C17H12Br3NO2. The minimum absolute atomic E-state index is 0.172. The Morgan fingerprint density at radius 1 is 0.870 bits per heavy atom. The lowest BCUT2D eigenvalue weighted by atomic mass is 10.0. The van der Waals surface area contributed by atoms with Gasteiger partial charge in [0.2, 0.25) is 0 Å². The zero-order valence-electron chi connectivity index (χ0n) is 11.9. The number of carbonyl (C=O) groups excluding carboxylic acids is 2. The maximum Gasteiger partial charge on any atom is 0.261 e. The van der Waals surface area contributed by atoms with Gasteiger partial charge in [-0.25, -0.2) is 0 Å². The molecule has 3 rings (SSSR count). The van der Waals surface area contributed by atoms with Crippen LogP contribution in [-0.2, 0) is 4.32 Å². The second-order valence-electron chi connectivity index (χ2n) is 5.27. The standard InChI is InChI=1S/C17H12Br3NO2/c18-16(19)17(20,11-6-2-1-3-7-11)10-21-14(22)12-8-4-5-9-13(12)15(21)23/h1-9,16H,10H2. The van der Waals surface area contributed by atoms with Gasteiger partial charge in [0.05, 0.1) is 25.7 Å². The fourth-order valence-corrected chi connectivity index (χ4v) is 3.95. The van der Waals surface area contributed by atoms with Gasteiger partial charge in [-0.3, -0.25) is 14.5 Å². The molecule has 118 valence electrons. The van der Waals surface area contributed by atoms with Crippen molar-refractivity contribution in [3.05, 3.63) is 71.3 Å². The third-order valence-electron chi connectivity index (χ3n) is 3.87. The van der Waals surface area contributed by atoms with Gasteiger partial charge < -0.3 is 0 Å². The van der Waals surface area contributed by atoms with Crippen molar-refractivity contribution in [2.45, 2.75) is 8.06 Å². The van der Waals surface area contributed by atoms with Crippen molar-refractivity contribution in [3.8, 4) is 0 Å². The first-order valence-electron chi connectivity index (χ1n) is 6.93. The van der Waals surface area contributed by atoms with E-state index in [0.717, 1.165) is 5.56 Å². The van der Waals surface area contributed by atoms with Crippen LogP contribution in [0.25, 0.3) is 0 Å². The third kappa shape index (κ3) is 2.92. The number of alkyl halides is 3. The highest BCUT2D eigenvalue weighted by Gasteiger charge is 2.44. The van der Waals surface area contributed by atoms with Crippen molar-refractivity contribution in [2.75, 3.05) is 6.54 Å². The number of fused-ring (bicyclic) bond motifs is 1. The fraction of sp³-hybridized carbons (Fsp3) is 0.176. The molecule has 0 N–H and O–H groups in total. The molecule has 1 unspecified atom stereocenters. The molecule has 0 radical (unpaired) electrons. The third-order valence-corrected chi connectivity index (χ3v) is 7.82. The van der Waals surface area contributed by atoms with E-state index in [1.165, 1.54) is 4.90 Å². The number of carbonyl (C=O) groups is 2. The molecule has 1 aliphatic rings. The van der Waals surface area contributed by atoms with Crippen molar-refractivity contribution in [2.24, 2.45) is 0 Å². The van der Waals surface area contributed by atoms with Gasteiger partial charge in [-0.1, -0.05) is 90.3 Å². The van der Waals surface area contributed by atoms with Crippen molar-refractivity contribution in [1.29, 1.82) is 0 Å². The second kappa shape index (κ2) is 6.49. The molecule has 2 aromatic rings. The van der Waals surface area contributed by atoms with E-state index in [4.69, 9.17) is 0 Å². The molecule has 2 aromatic carbocycles. The summed E-state index contributed by atoms with van der Waals surface area (Å²) < 4.78 is -0.809. The number of halogens is 3. The summed E-state index contributed by atoms with van der Waals surface area (Å²) in [4.78, 5) is 26.5. The van der Waals surface area contributed by atoms with Crippen LogP contribution in [0.15, 0.2) is 54.6 Å². The zero-order chi connectivity index (χ0) is 16.6. The Morgan fingerprint density at radius 2 is 1.35 bits per heavy atom. The van der Waals surface area contributed by atoms with Gasteiger partial charge >= 0.3 is 0 Å². The van der Waals surface area contributed by atoms with Crippen LogP contribution in [0, 0.1) is 0 Å². The number of hydrogen-bond donors (Lipinski definition) is 0. The Morgan fingerprint density at radius 3 is 1.83 bits per heavy atom. The van der Waals surface area contributed by atoms with Crippen molar-refractivity contribution in [1.82, 2.24) is 4.90 Å². The molecule has 0 aliphatic carbocycles. The predicted octanol–water partition coefficient (Wildman–Crippen LogP) is 4.69. The van der Waals surface area contributed by atoms with Gasteiger partial charge in [-0.2, -0.15) is 0 Å². The molecule has 0 spiro atoms. The number of rotatable bonds is 4. The summed E-state index contributed by atoms with van der Waals surface area (Å²) >= 11 is 10.8. The summed E-state index contributed by atoms with van der Waals surface area (Å²) in [6, 6.07) is 16.6. The summed E-state index contributed by atoms with van der Waals surface area (Å²) in [7, 11) is 0. The highest BCUT2D eigenvalue weighted by molar-refractivity contribution is 9.25. The summed E-state index contributed by atoms with van der Waals surface area (Å²) in [5.74, 6) is -0.517. The summed E-state index contributed by atoms with van der Waals surface area (Å²) in [6.45, 7) is 0.213. The Labute approximate surface area is 159 Å². The first-order chi connectivity index (χ1) is 10.9. The van der Waals surface area contributed by atoms with Crippen molar-refractivity contribution < 1.29 is 9.59 Å². The predicted molar refractivity (Wildman–Crippen MR) is 100 cm³/mol. The molecule has 1 atom stereocenters. The quantitative estimate of drug-likeness (QED) is 0.450. The molecule has 1 heterocycles. The molecule has 3 nitrogen and oxygen atoms in total. The van der Waals surface area contributed by atoms with Crippen LogP contribution in [0.4, 0.5) is 0 Å². The Balaban J connectivity index is 1.97. The molecule has 2 amide bonds. The zero-order valence-corrected chi connectivity index (χ0v) is 16.6. The van der Waals surface area contributed by atoms with Gasteiger partial charge in [0.15, 0.2) is 0 Å². The van der Waals surface area contributed by atoms with E-state index < -0.39 is 4.32 Å². The Bertz CT molecular complexity index is 728. The fourth-order valence-electron chi connectivity index (χ4n) is 2.61. The van der Waals surface area contributed by atoms with Crippen LogP contribution in [0.5, 0.6) is 0 Å². The lowest BCUT2D eigenvalue weighted by Crippen LogP contribution is -2.43. The Kier molecular flexibility index (Phi) is 4.76. The van der Waals surface area contributed by atoms with Crippen LogP contribution in [-0.4, -0.2) is 27.0 Å². The minimum atomic E-state index is -0.637. The van der Waals surface area contributed by atoms with E-state index in [1.807, 2.05) is 30.3 Å². The summed E-state index contributed by atoms with van der Waals surface area (Å²) in [5.41, 5.74) is 1.89. The minimum Gasteiger partial charge on any atom is -0.272 e. The van der Waals surface area contributed by atoms with E-state index in [0.29, 0.717) is 11.1 Å². The molecule has 0 fully saturated rings. The molecule has 0 saturated heterocycles. The van der Waals surface area contributed by atoms with Crippen molar-refractivity contribution in [3.63, 3.8) is 0 Å². The first kappa shape index (κ1) is 16.9. The molecule has 0 saturated carbocycles. The highest BCUT2D eigenvalue weighted by atomic mass is 79.9. The molecule has 6 heteroatoms. The molecule has 0 bridgehead atoms. The van der Waals surface area contributed by atoms with Gasteiger partial charge in [0.25, 0.3) is 11.8 Å². The number of benzene rings is 2. The maximum atomic E-state index is 12.6. The average molecular weight is 502 g/mol. The lowest BCUT2D eigenvalue weighted by molar-refractivity contribution is 0.0642. The number of nitrogens with zero attached hydrogens (tertiary/aromatic N) is 1. The van der Waals surface area contributed by atoms with E-state index in [9.17, 15) is 9.59 Å². The summed E-state index contributed by atoms with van der Waals surface area (Å²) in [6.07, 6.45) is 0. The van der Waals surface area contributed by atoms with E-state index >= 15 is 0 Å². The number of hydrogen-bond acceptors (Lipinski definition) is 2. The van der Waals surface area contributed by atoms with Gasteiger partial charge in [0.1, 0.15) is 0 Å². The van der Waals surface area contributed by atoms with E-state index in [1.54, 1.807) is 24.3 Å². The molecule has 23 heavy (non-hydrogen) atoms. The average Bonchev–Trinajstić information content (AvgIpc) is 2.81. The van der Waals surface area contributed by atoms with Crippen LogP contribution >= 0.6 is 47.8 Å². The van der Waals surface area contributed by atoms with Crippen LogP contribution in [0.2, 0.25) is 0 Å². The Hall–Kier alpha value is -0.980. The SMILES string of the molecule is O=C1c2ccccc2C(=O)N1CC(Br)(c1ccccc1)C(Br)Br. The first-order valence-corrected chi connectivity index (χ1v) is 9.55. The second-order valence-corrected chi connectivity index (χ2v) is 9.75. The monoisotopic (exact) mass is 499 g/mol. The number of amides is 2. The van der Waals surface area contributed by atoms with Crippen LogP contribution in [0.1, 0.15) is 26.3 Å². The van der Waals surface area contributed by atoms with Crippen molar-refractivity contribution >= 4 is 59.6 Å².